The maximum atomic E-state index is 12.1. The number of nitrogens with zero attached hydrogens (tertiary/aromatic N) is 1. The first-order valence-electron chi connectivity index (χ1n) is 5.92. The molecule has 20 heavy (non-hydrogen) atoms. The molecule has 2 N–H and O–H groups in total. The summed E-state index contributed by atoms with van der Waals surface area (Å²) < 4.78 is 5.10. The van der Waals surface area contributed by atoms with Gasteiger partial charge in [-0.1, -0.05) is 11.6 Å². The number of anilines is 2. The zero-order valence-corrected chi connectivity index (χ0v) is 11.9. The normalized spacial score (nSPS) is 9.95. The van der Waals surface area contributed by atoms with Crippen LogP contribution in [0.4, 0.5) is 11.4 Å². The Morgan fingerprint density at radius 3 is 2.80 bits per heavy atom. The molecule has 5 nitrogen and oxygen atoms in total. The predicted octanol–water partition coefficient (Wildman–Crippen LogP) is 3.04. The zero-order valence-electron chi connectivity index (χ0n) is 11.1. The van der Waals surface area contributed by atoms with E-state index in [4.69, 9.17) is 16.3 Å². The van der Waals surface area contributed by atoms with Crippen molar-refractivity contribution in [2.75, 3.05) is 24.8 Å². The highest BCUT2D eigenvalue weighted by Gasteiger charge is 2.11. The van der Waals surface area contributed by atoms with Crippen LogP contribution >= 0.6 is 11.6 Å². The summed E-state index contributed by atoms with van der Waals surface area (Å²) in [7, 11) is 3.32. The molecule has 2 rings (SSSR count). The topological polar surface area (TPSA) is 63.2 Å². The summed E-state index contributed by atoms with van der Waals surface area (Å²) in [5, 5.41) is 6.10. The Labute approximate surface area is 121 Å². The molecule has 1 amide bonds. The van der Waals surface area contributed by atoms with E-state index in [1.54, 1.807) is 50.7 Å². The Balaban J connectivity index is 2.22. The van der Waals surface area contributed by atoms with Gasteiger partial charge < -0.3 is 15.4 Å². The lowest BCUT2D eigenvalue weighted by molar-refractivity contribution is 0.102. The first-order chi connectivity index (χ1) is 9.63. The van der Waals surface area contributed by atoms with Gasteiger partial charge in [0.15, 0.2) is 0 Å². The summed E-state index contributed by atoms with van der Waals surface area (Å²) in [6.45, 7) is 0. The van der Waals surface area contributed by atoms with E-state index in [1.165, 1.54) is 0 Å². The van der Waals surface area contributed by atoms with Crippen LogP contribution in [0.5, 0.6) is 5.75 Å². The number of benzene rings is 1. The van der Waals surface area contributed by atoms with Crippen LogP contribution in [0, 0.1) is 0 Å². The third-order valence-corrected chi connectivity index (χ3v) is 3.03. The molecular formula is C14H14ClN3O2. The minimum atomic E-state index is -0.336. The Kier molecular flexibility index (Phi) is 4.42. The molecule has 0 radical (unpaired) electrons. The van der Waals surface area contributed by atoms with Crippen LogP contribution in [0.25, 0.3) is 0 Å². The van der Waals surface area contributed by atoms with Gasteiger partial charge in [0.2, 0.25) is 0 Å². The molecule has 6 heteroatoms. The molecule has 0 aliphatic carbocycles. The van der Waals surface area contributed by atoms with Gasteiger partial charge in [0.25, 0.3) is 5.91 Å². The summed E-state index contributed by atoms with van der Waals surface area (Å²) in [6, 6.07) is 8.46. The number of pyridine rings is 1. The van der Waals surface area contributed by atoms with Gasteiger partial charge in [-0.05, 0) is 24.3 Å². The van der Waals surface area contributed by atoms with Crippen LogP contribution in [0.2, 0.25) is 5.02 Å². The van der Waals surface area contributed by atoms with Crippen LogP contribution in [0.1, 0.15) is 10.5 Å². The molecule has 1 aromatic heterocycles. The van der Waals surface area contributed by atoms with Crippen molar-refractivity contribution < 1.29 is 9.53 Å². The molecule has 0 saturated heterocycles. The third-order valence-electron chi connectivity index (χ3n) is 2.70. The summed E-state index contributed by atoms with van der Waals surface area (Å²) in [4.78, 5) is 16.2. The number of halogens is 1. The number of carbonyl (C=O) groups is 1. The standard InChI is InChI=1S/C14H14ClN3O2/c1-16-9-5-6-17-13(7-9)14(19)18-12-8-10(20-2)3-4-11(12)15/h3-8H,1-2H3,(H,16,17)(H,18,19). The van der Waals surface area contributed by atoms with E-state index in [-0.39, 0.29) is 5.91 Å². The van der Waals surface area contributed by atoms with Crippen LogP contribution in [-0.2, 0) is 0 Å². The van der Waals surface area contributed by atoms with Gasteiger partial charge in [0.1, 0.15) is 11.4 Å². The van der Waals surface area contributed by atoms with Crippen molar-refractivity contribution in [3.8, 4) is 5.75 Å². The number of aromatic nitrogens is 1. The molecule has 0 atom stereocenters. The van der Waals surface area contributed by atoms with Crippen LogP contribution in [-0.4, -0.2) is 25.0 Å². The fourth-order valence-electron chi connectivity index (χ4n) is 1.62. The molecule has 1 heterocycles. The number of rotatable bonds is 4. The van der Waals surface area contributed by atoms with Gasteiger partial charge in [-0.15, -0.1) is 0 Å². The van der Waals surface area contributed by atoms with E-state index in [1.807, 2.05) is 0 Å². The fourth-order valence-corrected chi connectivity index (χ4v) is 1.79. The number of nitrogens with one attached hydrogen (secondary N) is 2. The second-order valence-corrected chi connectivity index (χ2v) is 4.39. The van der Waals surface area contributed by atoms with E-state index < -0.39 is 0 Å². The molecule has 0 saturated carbocycles. The molecule has 0 bridgehead atoms. The van der Waals surface area contributed by atoms with E-state index in [9.17, 15) is 4.79 Å². The molecule has 0 aliphatic rings. The highest BCUT2D eigenvalue weighted by Crippen LogP contribution is 2.27. The molecular weight excluding hydrogens is 278 g/mol. The van der Waals surface area contributed by atoms with Gasteiger partial charge >= 0.3 is 0 Å². The number of hydrogen-bond acceptors (Lipinski definition) is 4. The summed E-state index contributed by atoms with van der Waals surface area (Å²) >= 11 is 6.04. The average molecular weight is 292 g/mol. The number of amides is 1. The maximum absolute atomic E-state index is 12.1. The van der Waals surface area contributed by atoms with Crippen molar-refractivity contribution in [1.82, 2.24) is 4.98 Å². The van der Waals surface area contributed by atoms with Crippen molar-refractivity contribution in [1.29, 1.82) is 0 Å². The molecule has 2 aromatic rings. The van der Waals surface area contributed by atoms with E-state index >= 15 is 0 Å². The summed E-state index contributed by atoms with van der Waals surface area (Å²) in [5.74, 6) is 0.277. The van der Waals surface area contributed by atoms with E-state index in [2.05, 4.69) is 15.6 Å². The molecule has 0 unspecified atom stereocenters. The monoisotopic (exact) mass is 291 g/mol. The van der Waals surface area contributed by atoms with Gasteiger partial charge in [0, 0.05) is 25.0 Å². The van der Waals surface area contributed by atoms with Gasteiger partial charge in [-0.3, -0.25) is 9.78 Å². The first-order valence-corrected chi connectivity index (χ1v) is 6.30. The Morgan fingerprint density at radius 1 is 1.30 bits per heavy atom. The second kappa shape index (κ2) is 6.25. The largest absolute Gasteiger partial charge is 0.497 e. The minimum absolute atomic E-state index is 0.302. The lowest BCUT2D eigenvalue weighted by Crippen LogP contribution is -2.14. The molecule has 1 aromatic carbocycles. The van der Waals surface area contributed by atoms with Crippen molar-refractivity contribution in [3.05, 3.63) is 47.2 Å². The van der Waals surface area contributed by atoms with E-state index in [0.717, 1.165) is 5.69 Å². The third kappa shape index (κ3) is 3.19. The van der Waals surface area contributed by atoms with Crippen LogP contribution in [0.15, 0.2) is 36.5 Å². The minimum Gasteiger partial charge on any atom is -0.497 e. The quantitative estimate of drug-likeness (QED) is 0.909. The van der Waals surface area contributed by atoms with Crippen molar-refractivity contribution in [2.45, 2.75) is 0 Å². The van der Waals surface area contributed by atoms with Crippen LogP contribution < -0.4 is 15.4 Å². The molecule has 0 spiro atoms. The number of hydrogen-bond donors (Lipinski definition) is 2. The summed E-state index contributed by atoms with van der Waals surface area (Å²) in [5.41, 5.74) is 1.59. The average Bonchev–Trinajstić information content (AvgIpc) is 2.49. The molecule has 0 aliphatic heterocycles. The smallest absolute Gasteiger partial charge is 0.274 e. The Hall–Kier alpha value is -2.27. The molecule has 0 fully saturated rings. The number of ether oxygens (including phenoxy) is 1. The van der Waals surface area contributed by atoms with Crippen LogP contribution in [0.3, 0.4) is 0 Å². The number of methoxy groups -OCH3 is 1. The van der Waals surface area contributed by atoms with Gasteiger partial charge in [-0.2, -0.15) is 0 Å². The summed E-state index contributed by atoms with van der Waals surface area (Å²) in [6.07, 6.45) is 1.56. The van der Waals surface area contributed by atoms with E-state index in [0.29, 0.717) is 22.2 Å². The first kappa shape index (κ1) is 14.1. The van der Waals surface area contributed by atoms with Crippen molar-refractivity contribution in [2.24, 2.45) is 0 Å². The fraction of sp³-hybridized carbons (Fsp3) is 0.143. The number of carbonyl (C=O) groups excluding carboxylic acids is 1. The highest BCUT2D eigenvalue weighted by molar-refractivity contribution is 6.34. The highest BCUT2D eigenvalue weighted by atomic mass is 35.5. The van der Waals surface area contributed by atoms with Crippen molar-refractivity contribution in [3.63, 3.8) is 0 Å². The lowest BCUT2D eigenvalue weighted by Gasteiger charge is -2.09. The SMILES string of the molecule is CNc1ccnc(C(=O)Nc2cc(OC)ccc2Cl)c1. The maximum Gasteiger partial charge on any atom is 0.274 e. The van der Waals surface area contributed by atoms with Crippen molar-refractivity contribution >= 4 is 28.9 Å². The van der Waals surface area contributed by atoms with Gasteiger partial charge in [0.05, 0.1) is 17.8 Å². The Bertz CT molecular complexity index is 632. The predicted molar refractivity (Wildman–Crippen MR) is 79.7 cm³/mol. The second-order valence-electron chi connectivity index (χ2n) is 3.98. The lowest BCUT2D eigenvalue weighted by atomic mass is 10.2. The zero-order chi connectivity index (χ0) is 14.5. The van der Waals surface area contributed by atoms with Gasteiger partial charge in [-0.25, -0.2) is 0 Å². The Morgan fingerprint density at radius 2 is 2.10 bits per heavy atom. The molecule has 104 valence electrons.